The summed E-state index contributed by atoms with van der Waals surface area (Å²) in [4.78, 5) is 0. The van der Waals surface area contributed by atoms with E-state index in [2.05, 4.69) is 64.1 Å². The van der Waals surface area contributed by atoms with Gasteiger partial charge in [-0.05, 0) is 49.9 Å². The molecule has 4 aromatic carbocycles. The van der Waals surface area contributed by atoms with E-state index in [1.807, 2.05) is 0 Å². The van der Waals surface area contributed by atoms with Crippen LogP contribution in [-0.2, 0) is 13.2 Å². The van der Waals surface area contributed by atoms with Gasteiger partial charge in [-0.2, -0.15) is 0 Å². The van der Waals surface area contributed by atoms with Crippen molar-refractivity contribution in [1.82, 2.24) is 0 Å². The Bertz CT molecular complexity index is 2140. The van der Waals surface area contributed by atoms with Crippen molar-refractivity contribution in [2.24, 2.45) is 0 Å². The molecule has 2 unspecified atom stereocenters. The Balaban J connectivity index is 1.43. The average Bonchev–Trinajstić information content (AvgIpc) is 3.28. The van der Waals surface area contributed by atoms with Crippen LogP contribution in [0.2, 0.25) is 0 Å². The fourth-order valence-electron chi connectivity index (χ4n) is 11.2. The zero-order chi connectivity index (χ0) is 44.2. The zero-order valence-corrected chi connectivity index (χ0v) is 38.5. The third-order valence-corrected chi connectivity index (χ3v) is 14.4. The minimum Gasteiger partial charge on any atom is -0.457 e. The predicted molar refractivity (Wildman–Crippen MR) is 246 cm³/mol. The Morgan fingerprint density at radius 2 is 0.594 bits per heavy atom. The largest absolute Gasteiger partial charge is 0.457 e. The SMILES string of the molecule is CCCCCC1c2cc3c4cc2OCOc2cc5c(cc21)C(CCCCC)c1cc2c(c(CO)c1OCO5)OCOc1c(cc(c(c1CO)OCO4)C3CCCCC)C2CCCCC. The fraction of sp³-hybridized carbons (Fsp3) is 0.556. The van der Waals surface area contributed by atoms with Crippen LogP contribution in [0, 0.1) is 0 Å². The highest BCUT2D eigenvalue weighted by atomic mass is 16.7. The van der Waals surface area contributed by atoms with E-state index >= 15 is 0 Å². The van der Waals surface area contributed by atoms with Crippen LogP contribution in [-0.4, -0.2) is 37.4 Å². The van der Waals surface area contributed by atoms with Crippen molar-refractivity contribution in [3.63, 3.8) is 0 Å². The maximum atomic E-state index is 11.5. The molecule has 2 atom stereocenters. The molecular weight excluding hydrogens is 809 g/mol. The number of aliphatic hydroxyl groups is 2. The Labute approximate surface area is 379 Å². The molecule has 5 aliphatic rings. The van der Waals surface area contributed by atoms with Crippen molar-refractivity contribution in [3.05, 3.63) is 92.0 Å². The Kier molecular flexibility index (Phi) is 14.0. The van der Waals surface area contributed by atoms with Crippen LogP contribution in [0.3, 0.4) is 0 Å². The molecule has 344 valence electrons. The van der Waals surface area contributed by atoms with E-state index in [-0.39, 0.29) is 64.1 Å². The lowest BCUT2D eigenvalue weighted by Gasteiger charge is -2.36. The summed E-state index contributed by atoms with van der Waals surface area (Å²) in [5.74, 6) is 4.88. The Morgan fingerprint density at radius 1 is 0.344 bits per heavy atom. The van der Waals surface area contributed by atoms with Crippen molar-refractivity contribution in [1.29, 1.82) is 0 Å². The van der Waals surface area contributed by atoms with Crippen LogP contribution in [0.4, 0.5) is 0 Å². The van der Waals surface area contributed by atoms with Crippen LogP contribution in [0.5, 0.6) is 46.0 Å². The number of hydrogen-bond acceptors (Lipinski definition) is 10. The summed E-state index contributed by atoms with van der Waals surface area (Å²) in [6, 6.07) is 13.5. The molecule has 0 amide bonds. The monoisotopic (exact) mass is 876 g/mol. The van der Waals surface area contributed by atoms with Crippen molar-refractivity contribution in [2.45, 2.75) is 167 Å². The van der Waals surface area contributed by atoms with E-state index in [0.29, 0.717) is 34.1 Å². The molecule has 0 saturated heterocycles. The van der Waals surface area contributed by atoms with E-state index in [1.165, 1.54) is 0 Å². The number of aliphatic hydroxyl groups excluding tert-OH is 2. The second-order valence-electron chi connectivity index (χ2n) is 18.4. The van der Waals surface area contributed by atoms with Crippen LogP contribution in [0.25, 0.3) is 0 Å². The first-order valence-electron chi connectivity index (χ1n) is 24.5. The van der Waals surface area contributed by atoms with Crippen molar-refractivity contribution >= 4 is 0 Å². The minimum atomic E-state index is -0.286. The van der Waals surface area contributed by atoms with E-state index in [9.17, 15) is 10.2 Å². The first kappa shape index (κ1) is 44.4. The first-order chi connectivity index (χ1) is 31.5. The van der Waals surface area contributed by atoms with Gasteiger partial charge in [-0.15, -0.1) is 0 Å². The van der Waals surface area contributed by atoms with Gasteiger partial charge in [0.2, 0.25) is 27.2 Å². The quantitative estimate of drug-likeness (QED) is 0.0937. The highest BCUT2D eigenvalue weighted by molar-refractivity contribution is 5.67. The van der Waals surface area contributed by atoms with Gasteiger partial charge in [0.05, 0.1) is 24.3 Å². The molecule has 9 rings (SSSR count). The van der Waals surface area contributed by atoms with Crippen LogP contribution in [0.15, 0.2) is 36.4 Å². The molecule has 4 heterocycles. The maximum Gasteiger partial charge on any atom is 0.230 e. The lowest BCUT2D eigenvalue weighted by Crippen LogP contribution is -2.24. The molecule has 64 heavy (non-hydrogen) atoms. The summed E-state index contributed by atoms with van der Waals surface area (Å²) < 4.78 is 53.0. The second kappa shape index (κ2) is 20.2. The molecule has 10 nitrogen and oxygen atoms in total. The van der Waals surface area contributed by atoms with Gasteiger partial charge >= 0.3 is 0 Å². The molecule has 2 N–H and O–H groups in total. The topological polar surface area (TPSA) is 114 Å². The number of hydrogen-bond donors (Lipinski definition) is 2. The molecule has 8 bridgehead atoms. The summed E-state index contributed by atoms with van der Waals surface area (Å²) >= 11 is 0. The van der Waals surface area contributed by atoms with Gasteiger partial charge in [0.25, 0.3) is 0 Å². The standard InChI is InChI=1S/C54H68O10/c1-5-9-13-17-33-37-21-39-34(18-14-10-6-2)41-23-43-36(20-16-12-8-4)44-24-42-35(19-15-11-7-3)40-22-38(33)48-26-50(40)60-31-62-52(42)46(28-56)54(44)64-32-63-53(43)45(27-55)51(41)61-30-59-49(39)25-47(37)57-29-58-48/h21-26,33-36,55-56H,5-20,27-32H2,1-4H3. The summed E-state index contributed by atoms with van der Waals surface area (Å²) in [5.41, 5.74) is 9.70. The minimum absolute atomic E-state index is 0.0230. The lowest BCUT2D eigenvalue weighted by molar-refractivity contribution is 0.0923. The van der Waals surface area contributed by atoms with Gasteiger partial charge in [0.15, 0.2) is 0 Å². The highest BCUT2D eigenvalue weighted by Gasteiger charge is 2.39. The summed E-state index contributed by atoms with van der Waals surface area (Å²) in [6.07, 6.45) is 16.1. The molecule has 0 spiro atoms. The van der Waals surface area contributed by atoms with E-state index < -0.39 is 0 Å². The molecule has 0 saturated carbocycles. The average molecular weight is 877 g/mol. The summed E-state index contributed by atoms with van der Waals surface area (Å²) in [7, 11) is 0. The van der Waals surface area contributed by atoms with Gasteiger partial charge < -0.3 is 48.1 Å². The normalized spacial score (nSPS) is 19.7. The number of unbranched alkanes of at least 4 members (excludes halogenated alkanes) is 8. The summed E-state index contributed by atoms with van der Waals surface area (Å²) in [5, 5.41) is 22.9. The Hall–Kier alpha value is -4.80. The van der Waals surface area contributed by atoms with Crippen molar-refractivity contribution < 1.29 is 48.1 Å². The number of benzene rings is 4. The molecule has 10 heteroatoms. The molecule has 4 aromatic rings. The number of rotatable bonds is 18. The van der Waals surface area contributed by atoms with Gasteiger partial charge in [0.1, 0.15) is 46.0 Å². The van der Waals surface area contributed by atoms with Crippen LogP contribution < -0.4 is 37.9 Å². The van der Waals surface area contributed by atoms with Crippen molar-refractivity contribution in [3.8, 4) is 46.0 Å². The van der Waals surface area contributed by atoms with Crippen molar-refractivity contribution in [2.75, 3.05) is 27.2 Å². The van der Waals surface area contributed by atoms with E-state index in [4.69, 9.17) is 37.9 Å². The van der Waals surface area contributed by atoms with Gasteiger partial charge in [-0.1, -0.05) is 105 Å². The molecule has 0 aromatic heterocycles. The predicted octanol–water partition coefficient (Wildman–Crippen LogP) is 12.7. The van der Waals surface area contributed by atoms with Gasteiger partial charge in [-0.25, -0.2) is 0 Å². The lowest BCUT2D eigenvalue weighted by atomic mass is 9.75. The third kappa shape index (κ3) is 8.34. The first-order valence-corrected chi connectivity index (χ1v) is 24.5. The van der Waals surface area contributed by atoms with Gasteiger partial charge in [0, 0.05) is 80.3 Å². The smallest absolute Gasteiger partial charge is 0.230 e. The molecule has 0 fully saturated rings. The highest BCUT2D eigenvalue weighted by Crippen LogP contribution is 2.57. The van der Waals surface area contributed by atoms with Crippen LogP contribution >= 0.6 is 0 Å². The summed E-state index contributed by atoms with van der Waals surface area (Å²) in [6.45, 7) is 8.18. The molecular formula is C54H68O10. The van der Waals surface area contributed by atoms with Crippen LogP contribution in [0.1, 0.15) is 210 Å². The van der Waals surface area contributed by atoms with E-state index in [1.54, 1.807) is 0 Å². The molecule has 0 radical (unpaired) electrons. The maximum absolute atomic E-state index is 11.5. The zero-order valence-electron chi connectivity index (χ0n) is 38.5. The van der Waals surface area contributed by atoms with Gasteiger partial charge in [-0.3, -0.25) is 0 Å². The Morgan fingerprint density at radius 3 is 0.891 bits per heavy atom. The number of ether oxygens (including phenoxy) is 8. The van der Waals surface area contributed by atoms with E-state index in [0.717, 1.165) is 170 Å². The third-order valence-electron chi connectivity index (χ3n) is 14.4. The fourth-order valence-corrected chi connectivity index (χ4v) is 11.2. The second-order valence-corrected chi connectivity index (χ2v) is 18.4. The molecule has 4 aliphatic heterocycles. The molecule has 1 aliphatic carbocycles.